The minimum atomic E-state index is -0.333. The van der Waals surface area contributed by atoms with E-state index in [1.165, 1.54) is 28.7 Å². The van der Waals surface area contributed by atoms with Crippen LogP contribution in [-0.4, -0.2) is 42.7 Å². The van der Waals surface area contributed by atoms with Gasteiger partial charge in [-0.05, 0) is 36.8 Å². The molecule has 10 heteroatoms. The first-order chi connectivity index (χ1) is 15.0. The molecule has 1 aromatic heterocycles. The molecule has 0 radical (unpaired) electrons. The van der Waals surface area contributed by atoms with Crippen molar-refractivity contribution in [2.24, 2.45) is 0 Å². The fraction of sp³-hybridized carbons (Fsp3) is 0.286. The molecule has 164 valence electrons. The first-order valence-corrected chi connectivity index (χ1v) is 12.0. The lowest BCUT2D eigenvalue weighted by Gasteiger charge is -2.13. The van der Waals surface area contributed by atoms with E-state index < -0.39 is 0 Å². The predicted molar refractivity (Wildman–Crippen MR) is 126 cm³/mol. The van der Waals surface area contributed by atoms with Crippen LogP contribution in [0.5, 0.6) is 17.2 Å². The van der Waals surface area contributed by atoms with E-state index in [0.29, 0.717) is 17.2 Å². The van der Waals surface area contributed by atoms with E-state index in [0.717, 1.165) is 20.2 Å². The third-order valence-corrected chi connectivity index (χ3v) is 7.52. The number of aromatic nitrogens is 2. The largest absolute Gasteiger partial charge is 0.497 e. The third kappa shape index (κ3) is 6.52. The fourth-order valence-electron chi connectivity index (χ4n) is 2.53. The summed E-state index contributed by atoms with van der Waals surface area (Å²) in [5.41, 5.74) is 1.82. The van der Waals surface area contributed by atoms with E-state index in [4.69, 9.17) is 14.2 Å². The standard InChI is InChI=1S/C21H23N3O4S3/c1-13(19(25)22-15-7-10-17(27-3)18(11-15)28-4)30-21-24-23-20(31-21)29-12-14-5-8-16(26-2)9-6-14/h5-11,13H,12H2,1-4H3,(H,22,25). The van der Waals surface area contributed by atoms with E-state index in [1.807, 2.05) is 31.2 Å². The Morgan fingerprint density at radius 1 is 1.00 bits per heavy atom. The monoisotopic (exact) mass is 477 g/mol. The maximum atomic E-state index is 12.6. The Morgan fingerprint density at radius 3 is 2.39 bits per heavy atom. The highest BCUT2D eigenvalue weighted by Gasteiger charge is 2.18. The summed E-state index contributed by atoms with van der Waals surface area (Å²) in [6, 6.07) is 13.2. The van der Waals surface area contributed by atoms with Crippen LogP contribution in [0.15, 0.2) is 51.1 Å². The van der Waals surface area contributed by atoms with Crippen LogP contribution < -0.4 is 19.5 Å². The smallest absolute Gasteiger partial charge is 0.237 e. The molecule has 0 aliphatic rings. The first-order valence-electron chi connectivity index (χ1n) is 9.31. The second kappa shape index (κ2) is 11.3. The number of anilines is 1. The van der Waals surface area contributed by atoms with Crippen molar-refractivity contribution in [2.45, 2.75) is 26.6 Å². The average Bonchev–Trinajstić information content (AvgIpc) is 3.25. The Bertz CT molecular complexity index is 1010. The number of carbonyl (C=O) groups excluding carboxylic acids is 1. The number of ether oxygens (including phenoxy) is 3. The van der Waals surface area contributed by atoms with Crippen LogP contribution in [0.3, 0.4) is 0 Å². The normalized spacial score (nSPS) is 11.6. The number of hydrogen-bond acceptors (Lipinski definition) is 9. The van der Waals surface area contributed by atoms with Gasteiger partial charge < -0.3 is 19.5 Å². The van der Waals surface area contributed by atoms with Gasteiger partial charge in [0, 0.05) is 17.5 Å². The van der Waals surface area contributed by atoms with Crippen LogP contribution in [0.4, 0.5) is 5.69 Å². The molecule has 2 aromatic carbocycles. The lowest BCUT2D eigenvalue weighted by atomic mass is 10.2. The molecule has 1 amide bonds. The molecule has 1 unspecified atom stereocenters. The SMILES string of the molecule is COc1ccc(CSc2nnc(SC(C)C(=O)Nc3ccc(OC)c(OC)c3)s2)cc1. The van der Waals surface area contributed by atoms with Gasteiger partial charge in [0.2, 0.25) is 5.91 Å². The zero-order valence-electron chi connectivity index (χ0n) is 17.6. The molecule has 1 heterocycles. The van der Waals surface area contributed by atoms with Crippen LogP contribution >= 0.6 is 34.9 Å². The summed E-state index contributed by atoms with van der Waals surface area (Å²) in [7, 11) is 4.78. The third-order valence-electron chi connectivity index (χ3n) is 4.21. The van der Waals surface area contributed by atoms with Crippen molar-refractivity contribution in [1.29, 1.82) is 0 Å². The van der Waals surface area contributed by atoms with Gasteiger partial charge in [-0.1, -0.05) is 47.0 Å². The molecule has 3 aromatic rings. The second-order valence-corrected chi connectivity index (χ2v) is 10.1. The molecule has 31 heavy (non-hydrogen) atoms. The van der Waals surface area contributed by atoms with Crippen molar-refractivity contribution in [3.05, 3.63) is 48.0 Å². The number of hydrogen-bond donors (Lipinski definition) is 1. The van der Waals surface area contributed by atoms with Gasteiger partial charge in [0.25, 0.3) is 0 Å². The maximum absolute atomic E-state index is 12.6. The number of nitrogens with one attached hydrogen (secondary N) is 1. The van der Waals surface area contributed by atoms with Gasteiger partial charge >= 0.3 is 0 Å². The minimum Gasteiger partial charge on any atom is -0.497 e. The van der Waals surface area contributed by atoms with Crippen LogP contribution in [-0.2, 0) is 10.5 Å². The number of amides is 1. The highest BCUT2D eigenvalue weighted by atomic mass is 32.2. The highest BCUT2D eigenvalue weighted by Crippen LogP contribution is 2.34. The van der Waals surface area contributed by atoms with Crippen LogP contribution in [0, 0.1) is 0 Å². The maximum Gasteiger partial charge on any atom is 0.237 e. The Hall–Kier alpha value is -2.43. The Kier molecular flexibility index (Phi) is 8.44. The average molecular weight is 478 g/mol. The topological polar surface area (TPSA) is 82.6 Å². The van der Waals surface area contributed by atoms with E-state index in [-0.39, 0.29) is 11.2 Å². The van der Waals surface area contributed by atoms with Crippen molar-refractivity contribution in [2.75, 3.05) is 26.6 Å². The number of carbonyl (C=O) groups is 1. The fourth-order valence-corrected chi connectivity index (χ4v) is 5.65. The predicted octanol–water partition coefficient (Wildman–Crippen LogP) is 4.98. The Labute approximate surface area is 193 Å². The summed E-state index contributed by atoms with van der Waals surface area (Å²) < 4.78 is 17.3. The summed E-state index contributed by atoms with van der Waals surface area (Å²) in [6.07, 6.45) is 0. The van der Waals surface area contributed by atoms with Crippen molar-refractivity contribution < 1.29 is 19.0 Å². The molecular formula is C21H23N3O4S3. The van der Waals surface area contributed by atoms with Crippen molar-refractivity contribution in [1.82, 2.24) is 10.2 Å². The van der Waals surface area contributed by atoms with Gasteiger partial charge in [-0.15, -0.1) is 10.2 Å². The quantitative estimate of drug-likeness (QED) is 0.410. The Morgan fingerprint density at radius 2 is 1.71 bits per heavy atom. The molecule has 1 N–H and O–H groups in total. The van der Waals surface area contributed by atoms with E-state index in [9.17, 15) is 4.79 Å². The van der Waals surface area contributed by atoms with Gasteiger partial charge in [-0.2, -0.15) is 0 Å². The van der Waals surface area contributed by atoms with Gasteiger partial charge in [0.15, 0.2) is 20.2 Å². The van der Waals surface area contributed by atoms with Crippen LogP contribution in [0.1, 0.15) is 12.5 Å². The van der Waals surface area contributed by atoms with Gasteiger partial charge in [0.1, 0.15) is 5.75 Å². The molecule has 7 nitrogen and oxygen atoms in total. The number of methoxy groups -OCH3 is 3. The zero-order chi connectivity index (χ0) is 22.2. The van der Waals surface area contributed by atoms with Gasteiger partial charge in [-0.3, -0.25) is 4.79 Å². The number of thioether (sulfide) groups is 2. The van der Waals surface area contributed by atoms with Crippen LogP contribution in [0.25, 0.3) is 0 Å². The number of nitrogens with zero attached hydrogens (tertiary/aromatic N) is 2. The van der Waals surface area contributed by atoms with E-state index in [1.54, 1.807) is 51.3 Å². The molecule has 1 atom stereocenters. The minimum absolute atomic E-state index is 0.125. The molecule has 3 rings (SSSR count). The lowest BCUT2D eigenvalue weighted by molar-refractivity contribution is -0.115. The summed E-state index contributed by atoms with van der Waals surface area (Å²) in [5, 5.41) is 11.0. The van der Waals surface area contributed by atoms with Crippen molar-refractivity contribution in [3.8, 4) is 17.2 Å². The highest BCUT2D eigenvalue weighted by molar-refractivity contribution is 8.03. The molecule has 0 aliphatic carbocycles. The molecular weight excluding hydrogens is 454 g/mol. The zero-order valence-corrected chi connectivity index (χ0v) is 20.0. The summed E-state index contributed by atoms with van der Waals surface area (Å²) in [5.74, 6) is 2.67. The molecule has 0 saturated heterocycles. The van der Waals surface area contributed by atoms with Gasteiger partial charge in [-0.25, -0.2) is 0 Å². The molecule has 0 fully saturated rings. The molecule has 0 saturated carbocycles. The first kappa shape index (κ1) is 23.2. The van der Waals surface area contributed by atoms with E-state index >= 15 is 0 Å². The number of rotatable bonds is 10. The molecule has 0 aliphatic heterocycles. The molecule has 0 bridgehead atoms. The second-order valence-electron chi connectivity index (χ2n) is 6.29. The summed E-state index contributed by atoms with van der Waals surface area (Å²) in [4.78, 5) is 12.6. The Balaban J connectivity index is 1.52. The lowest BCUT2D eigenvalue weighted by Crippen LogP contribution is -2.22. The van der Waals surface area contributed by atoms with Gasteiger partial charge in [0.05, 0.1) is 26.6 Å². The number of benzene rings is 2. The van der Waals surface area contributed by atoms with Crippen molar-refractivity contribution in [3.63, 3.8) is 0 Å². The van der Waals surface area contributed by atoms with Crippen LogP contribution in [0.2, 0.25) is 0 Å². The van der Waals surface area contributed by atoms with E-state index in [2.05, 4.69) is 15.5 Å². The summed E-state index contributed by atoms with van der Waals surface area (Å²) >= 11 is 4.49. The van der Waals surface area contributed by atoms with Crippen molar-refractivity contribution >= 4 is 46.5 Å². The summed E-state index contributed by atoms with van der Waals surface area (Å²) in [6.45, 7) is 1.84. The molecule has 0 spiro atoms.